The molecule has 1 rings (SSSR count). The predicted octanol–water partition coefficient (Wildman–Crippen LogP) is 2.46. The minimum Gasteiger partial charge on any atom is -0.480 e. The number of hydrogen-bond acceptors (Lipinski definition) is 2. The molecule has 1 fully saturated rings. The maximum absolute atomic E-state index is 12.1. The van der Waals surface area contributed by atoms with Crippen LogP contribution in [-0.2, 0) is 4.79 Å². The van der Waals surface area contributed by atoms with Gasteiger partial charge in [-0.1, -0.05) is 13.3 Å². The van der Waals surface area contributed by atoms with Crippen LogP contribution in [0, 0.1) is 5.92 Å². The number of amides is 2. The van der Waals surface area contributed by atoms with E-state index in [0.717, 1.165) is 19.3 Å². The van der Waals surface area contributed by atoms with Crippen molar-refractivity contribution in [2.75, 3.05) is 13.1 Å². The Bertz CT molecular complexity index is 319. The van der Waals surface area contributed by atoms with Crippen molar-refractivity contribution in [1.82, 2.24) is 10.2 Å². The summed E-state index contributed by atoms with van der Waals surface area (Å²) in [6.45, 7) is 7.10. The van der Waals surface area contributed by atoms with Gasteiger partial charge in [-0.3, -0.25) is 0 Å². The van der Waals surface area contributed by atoms with Gasteiger partial charge in [0.05, 0.1) is 0 Å². The fourth-order valence-electron chi connectivity index (χ4n) is 2.77. The highest BCUT2D eigenvalue weighted by molar-refractivity contribution is 5.86. The molecule has 2 N–H and O–H groups in total. The van der Waals surface area contributed by atoms with Crippen LogP contribution in [0.15, 0.2) is 0 Å². The van der Waals surface area contributed by atoms with E-state index in [-0.39, 0.29) is 6.03 Å². The molecule has 5 nitrogen and oxygen atoms in total. The summed E-state index contributed by atoms with van der Waals surface area (Å²) in [7, 11) is 0. The normalized spacial score (nSPS) is 26.8. The van der Waals surface area contributed by atoms with E-state index in [2.05, 4.69) is 12.2 Å². The predicted molar refractivity (Wildman–Crippen MR) is 74.1 cm³/mol. The number of aliphatic carboxylic acids is 1. The van der Waals surface area contributed by atoms with Gasteiger partial charge in [-0.15, -0.1) is 0 Å². The van der Waals surface area contributed by atoms with Crippen LogP contribution in [0.4, 0.5) is 4.79 Å². The lowest BCUT2D eigenvalue weighted by molar-refractivity contribution is -0.146. The lowest BCUT2D eigenvalue weighted by atomic mass is 9.75. The Morgan fingerprint density at radius 1 is 1.21 bits per heavy atom. The van der Waals surface area contributed by atoms with Crippen molar-refractivity contribution in [3.63, 3.8) is 0 Å². The van der Waals surface area contributed by atoms with E-state index in [9.17, 15) is 14.7 Å². The number of carbonyl (C=O) groups excluding carboxylic acids is 1. The molecule has 0 aliphatic heterocycles. The van der Waals surface area contributed by atoms with E-state index in [1.165, 1.54) is 0 Å². The number of carboxylic acid groups (broad SMARTS) is 1. The second kappa shape index (κ2) is 6.78. The van der Waals surface area contributed by atoms with Crippen LogP contribution in [0.1, 0.15) is 52.9 Å². The number of carboxylic acids is 1. The SMILES string of the molecule is CCC1CCC(NC(=O)N(CC)CC)(C(=O)O)CC1. The van der Waals surface area contributed by atoms with Gasteiger partial charge < -0.3 is 15.3 Å². The first-order valence-electron chi connectivity index (χ1n) is 7.29. The maximum atomic E-state index is 12.1. The Hall–Kier alpha value is -1.26. The Balaban J connectivity index is 2.74. The summed E-state index contributed by atoms with van der Waals surface area (Å²) in [5.74, 6) is -0.305. The molecule has 0 bridgehead atoms. The molecule has 0 aromatic carbocycles. The Kier molecular flexibility index (Phi) is 5.63. The molecule has 5 heteroatoms. The molecule has 0 saturated heterocycles. The highest BCUT2D eigenvalue weighted by Crippen LogP contribution is 2.34. The molecular formula is C14H26N2O3. The topological polar surface area (TPSA) is 69.6 Å². The monoisotopic (exact) mass is 270 g/mol. The fraction of sp³-hybridized carbons (Fsp3) is 0.857. The summed E-state index contributed by atoms with van der Waals surface area (Å²) in [4.78, 5) is 25.3. The van der Waals surface area contributed by atoms with Gasteiger partial charge in [-0.25, -0.2) is 9.59 Å². The van der Waals surface area contributed by atoms with E-state index in [0.29, 0.717) is 31.8 Å². The minimum atomic E-state index is -1.06. The van der Waals surface area contributed by atoms with Gasteiger partial charge in [0.25, 0.3) is 0 Å². The van der Waals surface area contributed by atoms with Crippen molar-refractivity contribution in [1.29, 1.82) is 0 Å². The molecule has 1 aliphatic carbocycles. The zero-order chi connectivity index (χ0) is 14.5. The zero-order valence-corrected chi connectivity index (χ0v) is 12.2. The molecule has 0 atom stereocenters. The highest BCUT2D eigenvalue weighted by atomic mass is 16.4. The van der Waals surface area contributed by atoms with E-state index in [1.807, 2.05) is 13.8 Å². The third kappa shape index (κ3) is 3.61. The number of urea groups is 1. The first-order chi connectivity index (χ1) is 8.99. The smallest absolute Gasteiger partial charge is 0.329 e. The minimum absolute atomic E-state index is 0.262. The average Bonchev–Trinajstić information content (AvgIpc) is 2.40. The van der Waals surface area contributed by atoms with Crippen LogP contribution in [0.3, 0.4) is 0 Å². The van der Waals surface area contributed by atoms with Crippen molar-refractivity contribution < 1.29 is 14.7 Å². The molecule has 0 unspecified atom stereocenters. The summed E-state index contributed by atoms with van der Waals surface area (Å²) in [5, 5.41) is 12.3. The van der Waals surface area contributed by atoms with Crippen LogP contribution in [0.25, 0.3) is 0 Å². The van der Waals surface area contributed by atoms with E-state index >= 15 is 0 Å². The van der Waals surface area contributed by atoms with Crippen molar-refractivity contribution in [3.8, 4) is 0 Å². The van der Waals surface area contributed by atoms with Crippen LogP contribution < -0.4 is 5.32 Å². The van der Waals surface area contributed by atoms with Gasteiger partial charge in [0.2, 0.25) is 0 Å². The lowest BCUT2D eigenvalue weighted by Gasteiger charge is -2.38. The zero-order valence-electron chi connectivity index (χ0n) is 12.2. The van der Waals surface area contributed by atoms with Crippen molar-refractivity contribution in [2.45, 2.75) is 58.4 Å². The van der Waals surface area contributed by atoms with Gasteiger partial charge >= 0.3 is 12.0 Å². The standard InChI is InChI=1S/C14H26N2O3/c1-4-11-7-9-14(10-8-11,12(17)18)15-13(19)16(5-2)6-3/h11H,4-10H2,1-3H3,(H,15,19)(H,17,18). The van der Waals surface area contributed by atoms with Crippen molar-refractivity contribution in [2.24, 2.45) is 5.92 Å². The number of rotatable bonds is 5. The van der Waals surface area contributed by atoms with Gasteiger partial charge in [0.1, 0.15) is 5.54 Å². The molecule has 19 heavy (non-hydrogen) atoms. The molecular weight excluding hydrogens is 244 g/mol. The Morgan fingerprint density at radius 3 is 2.11 bits per heavy atom. The molecule has 1 saturated carbocycles. The largest absolute Gasteiger partial charge is 0.480 e. The number of hydrogen-bond donors (Lipinski definition) is 2. The number of nitrogens with one attached hydrogen (secondary N) is 1. The lowest BCUT2D eigenvalue weighted by Crippen LogP contribution is -2.59. The van der Waals surface area contributed by atoms with Crippen molar-refractivity contribution >= 4 is 12.0 Å². The van der Waals surface area contributed by atoms with Gasteiger partial charge in [0.15, 0.2) is 0 Å². The Morgan fingerprint density at radius 2 is 1.74 bits per heavy atom. The fourth-order valence-corrected chi connectivity index (χ4v) is 2.77. The van der Waals surface area contributed by atoms with Crippen LogP contribution in [-0.4, -0.2) is 40.6 Å². The maximum Gasteiger partial charge on any atom is 0.329 e. The second-order valence-corrected chi connectivity index (χ2v) is 5.34. The molecule has 0 spiro atoms. The molecule has 2 amide bonds. The number of carbonyl (C=O) groups is 2. The van der Waals surface area contributed by atoms with Gasteiger partial charge in [-0.2, -0.15) is 0 Å². The van der Waals surface area contributed by atoms with Crippen LogP contribution >= 0.6 is 0 Å². The van der Waals surface area contributed by atoms with E-state index < -0.39 is 11.5 Å². The van der Waals surface area contributed by atoms with Gasteiger partial charge in [-0.05, 0) is 45.4 Å². The summed E-state index contributed by atoms with van der Waals surface area (Å²) >= 11 is 0. The summed E-state index contributed by atoms with van der Waals surface area (Å²) in [6, 6.07) is -0.262. The molecule has 0 radical (unpaired) electrons. The third-order valence-electron chi connectivity index (χ3n) is 4.34. The third-order valence-corrected chi connectivity index (χ3v) is 4.34. The summed E-state index contributed by atoms with van der Waals surface area (Å²) < 4.78 is 0. The molecule has 0 aromatic heterocycles. The first-order valence-corrected chi connectivity index (χ1v) is 7.29. The van der Waals surface area contributed by atoms with E-state index in [1.54, 1.807) is 4.90 Å². The highest BCUT2D eigenvalue weighted by Gasteiger charge is 2.43. The van der Waals surface area contributed by atoms with Crippen molar-refractivity contribution in [3.05, 3.63) is 0 Å². The molecule has 1 aliphatic rings. The summed E-state index contributed by atoms with van der Waals surface area (Å²) in [6.07, 6.45) is 3.91. The van der Waals surface area contributed by atoms with Crippen LogP contribution in [0.2, 0.25) is 0 Å². The quantitative estimate of drug-likeness (QED) is 0.806. The molecule has 110 valence electrons. The number of nitrogens with zero attached hydrogens (tertiary/aromatic N) is 1. The average molecular weight is 270 g/mol. The summed E-state index contributed by atoms with van der Waals surface area (Å²) in [5.41, 5.74) is -1.06. The molecule has 0 aromatic rings. The van der Waals surface area contributed by atoms with Gasteiger partial charge in [0, 0.05) is 13.1 Å². The second-order valence-electron chi connectivity index (χ2n) is 5.34. The van der Waals surface area contributed by atoms with Crippen LogP contribution in [0.5, 0.6) is 0 Å². The molecule has 0 heterocycles. The van der Waals surface area contributed by atoms with E-state index in [4.69, 9.17) is 0 Å². The Labute approximate surface area is 115 Å². The first kappa shape index (κ1) is 15.8.